The summed E-state index contributed by atoms with van der Waals surface area (Å²) in [6.45, 7) is 1.63. The molecule has 0 aliphatic rings. The number of benzene rings is 2. The fraction of sp³-hybridized carbons (Fsp3) is 0.222. The first-order chi connectivity index (χ1) is 12.8. The number of nitrogens with one attached hydrogen (secondary N) is 2. The van der Waals surface area contributed by atoms with E-state index >= 15 is 0 Å². The molecular weight excluding hydrogens is 373 g/mol. The second-order valence-electron chi connectivity index (χ2n) is 5.61. The maximum absolute atomic E-state index is 13.1. The van der Waals surface area contributed by atoms with E-state index in [1.165, 1.54) is 12.1 Å². The lowest BCUT2D eigenvalue weighted by atomic mass is 10.3. The average Bonchev–Trinajstić information content (AvgIpc) is 2.65. The van der Waals surface area contributed by atoms with Crippen LogP contribution in [-0.4, -0.2) is 33.4 Å². The van der Waals surface area contributed by atoms with Gasteiger partial charge < -0.3 is 5.32 Å². The van der Waals surface area contributed by atoms with Crippen molar-refractivity contribution in [2.75, 3.05) is 17.4 Å². The summed E-state index contributed by atoms with van der Waals surface area (Å²) in [5, 5.41) is 4.56. The maximum Gasteiger partial charge on any atom is 0.321 e. The lowest BCUT2D eigenvalue weighted by Gasteiger charge is -2.24. The molecule has 2 aromatic carbocycles. The lowest BCUT2D eigenvalue weighted by Crippen LogP contribution is -2.46. The van der Waals surface area contributed by atoms with Crippen LogP contribution in [0.4, 0.5) is 14.9 Å². The van der Waals surface area contributed by atoms with Gasteiger partial charge >= 0.3 is 6.03 Å². The van der Waals surface area contributed by atoms with Crippen LogP contribution in [0.1, 0.15) is 13.3 Å². The first-order valence-corrected chi connectivity index (χ1v) is 9.69. The molecule has 0 spiro atoms. The van der Waals surface area contributed by atoms with Gasteiger partial charge in [0.15, 0.2) is 0 Å². The molecule has 0 saturated carbocycles. The lowest BCUT2D eigenvalue weighted by molar-refractivity contribution is -0.118. The predicted molar refractivity (Wildman–Crippen MR) is 99.2 cm³/mol. The van der Waals surface area contributed by atoms with Gasteiger partial charge in [-0.15, -0.1) is 0 Å². The number of para-hydroxylation sites is 1. The summed E-state index contributed by atoms with van der Waals surface area (Å²) in [6, 6.07) is 11.6. The Balaban J connectivity index is 2.28. The number of carbonyl (C=O) groups is 2. The van der Waals surface area contributed by atoms with E-state index in [9.17, 15) is 22.4 Å². The molecule has 2 rings (SSSR count). The Kier molecular flexibility index (Phi) is 6.89. The van der Waals surface area contributed by atoms with Gasteiger partial charge in [-0.25, -0.2) is 17.6 Å². The van der Waals surface area contributed by atoms with Crippen LogP contribution in [-0.2, 0) is 14.8 Å². The topological polar surface area (TPSA) is 95.6 Å². The smallest absolute Gasteiger partial charge is 0.321 e. The van der Waals surface area contributed by atoms with Crippen molar-refractivity contribution in [3.05, 3.63) is 60.4 Å². The molecule has 2 N–H and O–H groups in total. The molecule has 0 aliphatic carbocycles. The molecule has 0 heterocycles. The van der Waals surface area contributed by atoms with E-state index in [0.29, 0.717) is 13.0 Å². The fourth-order valence-corrected chi connectivity index (χ4v) is 3.64. The average molecular weight is 393 g/mol. The molecule has 0 aromatic heterocycles. The highest BCUT2D eigenvalue weighted by Gasteiger charge is 2.27. The van der Waals surface area contributed by atoms with Gasteiger partial charge in [0.05, 0.1) is 10.6 Å². The molecule has 7 nitrogen and oxygen atoms in total. The molecule has 9 heteroatoms. The molecule has 0 bridgehead atoms. The minimum Gasteiger partial charge on any atom is -0.338 e. The van der Waals surface area contributed by atoms with Gasteiger partial charge in [0.1, 0.15) is 12.4 Å². The maximum atomic E-state index is 13.1. The normalized spacial score (nSPS) is 10.9. The van der Waals surface area contributed by atoms with Crippen molar-refractivity contribution >= 4 is 27.6 Å². The minimum atomic E-state index is -4.14. The molecule has 0 unspecified atom stereocenters. The highest BCUT2D eigenvalue weighted by molar-refractivity contribution is 7.92. The molecule has 3 amide bonds. The first-order valence-electron chi connectivity index (χ1n) is 8.25. The fourth-order valence-electron chi connectivity index (χ4n) is 2.22. The molecule has 0 atom stereocenters. The van der Waals surface area contributed by atoms with Crippen LogP contribution >= 0.6 is 0 Å². The Hall–Kier alpha value is -2.94. The third-order valence-electron chi connectivity index (χ3n) is 3.52. The summed E-state index contributed by atoms with van der Waals surface area (Å²) < 4.78 is 39.9. The van der Waals surface area contributed by atoms with Gasteiger partial charge in [-0.2, -0.15) is 0 Å². The molecule has 27 heavy (non-hydrogen) atoms. The number of hydrogen-bond donors (Lipinski definition) is 2. The zero-order chi connectivity index (χ0) is 19.9. The third kappa shape index (κ3) is 5.52. The molecule has 0 saturated heterocycles. The standard InChI is InChI=1S/C18H20FN3O4S/c1-2-12-20-18(24)21-17(23)13-22(15-6-4-3-5-7-15)27(25,26)16-10-8-14(19)9-11-16/h3-11H,2,12-13H2,1H3,(H2,20,21,23,24). The second kappa shape index (κ2) is 9.13. The van der Waals surface area contributed by atoms with Crippen LogP contribution in [0.25, 0.3) is 0 Å². The highest BCUT2D eigenvalue weighted by Crippen LogP contribution is 2.23. The van der Waals surface area contributed by atoms with Gasteiger partial charge in [-0.1, -0.05) is 25.1 Å². The van der Waals surface area contributed by atoms with Gasteiger partial charge in [-0.3, -0.25) is 14.4 Å². The molecule has 0 aliphatic heterocycles. The Morgan fingerprint density at radius 1 is 1.04 bits per heavy atom. The quantitative estimate of drug-likeness (QED) is 0.754. The summed E-state index contributed by atoms with van der Waals surface area (Å²) in [5.74, 6) is -1.37. The Bertz CT molecular complexity index is 887. The van der Waals surface area contributed by atoms with Gasteiger partial charge in [0, 0.05) is 6.54 Å². The predicted octanol–water partition coefficient (Wildman–Crippen LogP) is 2.26. The SMILES string of the molecule is CCCNC(=O)NC(=O)CN(c1ccccc1)S(=O)(=O)c1ccc(F)cc1. The van der Waals surface area contributed by atoms with E-state index in [1.54, 1.807) is 18.2 Å². The molecular formula is C18H20FN3O4S. The number of urea groups is 1. The zero-order valence-corrected chi connectivity index (χ0v) is 15.5. The Morgan fingerprint density at radius 2 is 1.67 bits per heavy atom. The van der Waals surface area contributed by atoms with Crippen LogP contribution in [0, 0.1) is 5.82 Å². The van der Waals surface area contributed by atoms with Crippen molar-refractivity contribution in [2.45, 2.75) is 18.2 Å². The van der Waals surface area contributed by atoms with Gasteiger partial charge in [0.2, 0.25) is 5.91 Å². The van der Waals surface area contributed by atoms with Crippen LogP contribution in [0.2, 0.25) is 0 Å². The summed E-state index contributed by atoms with van der Waals surface area (Å²) in [4.78, 5) is 23.7. The number of imide groups is 1. The number of halogens is 1. The largest absolute Gasteiger partial charge is 0.338 e. The molecule has 0 radical (unpaired) electrons. The van der Waals surface area contributed by atoms with Crippen molar-refractivity contribution < 1.29 is 22.4 Å². The van der Waals surface area contributed by atoms with E-state index in [0.717, 1.165) is 28.6 Å². The van der Waals surface area contributed by atoms with Crippen molar-refractivity contribution in [1.82, 2.24) is 10.6 Å². The monoisotopic (exact) mass is 393 g/mol. The van der Waals surface area contributed by atoms with E-state index in [1.807, 2.05) is 6.92 Å². The van der Waals surface area contributed by atoms with E-state index in [-0.39, 0.29) is 10.6 Å². The zero-order valence-electron chi connectivity index (χ0n) is 14.7. The number of sulfonamides is 1. The van der Waals surface area contributed by atoms with Crippen LogP contribution in [0.5, 0.6) is 0 Å². The van der Waals surface area contributed by atoms with Crippen molar-refractivity contribution in [1.29, 1.82) is 0 Å². The van der Waals surface area contributed by atoms with Crippen molar-refractivity contribution in [3.8, 4) is 0 Å². The number of nitrogens with zero attached hydrogens (tertiary/aromatic N) is 1. The number of carbonyl (C=O) groups excluding carboxylic acids is 2. The summed E-state index contributed by atoms with van der Waals surface area (Å²) >= 11 is 0. The van der Waals surface area contributed by atoms with Gasteiger partial charge in [-0.05, 0) is 42.8 Å². The number of rotatable bonds is 7. The summed E-state index contributed by atoms with van der Waals surface area (Å²) in [5.41, 5.74) is 0.242. The molecule has 2 aromatic rings. The first kappa shape index (κ1) is 20.4. The molecule has 0 fully saturated rings. The van der Waals surface area contributed by atoms with E-state index in [4.69, 9.17) is 0 Å². The third-order valence-corrected chi connectivity index (χ3v) is 5.31. The van der Waals surface area contributed by atoms with Crippen molar-refractivity contribution in [3.63, 3.8) is 0 Å². The number of anilines is 1. The Labute approximate surface area is 157 Å². The van der Waals surface area contributed by atoms with Crippen LogP contribution in [0.15, 0.2) is 59.5 Å². The Morgan fingerprint density at radius 3 is 2.26 bits per heavy atom. The summed E-state index contributed by atoms with van der Waals surface area (Å²) in [6.07, 6.45) is 0.691. The second-order valence-corrected chi connectivity index (χ2v) is 7.47. The van der Waals surface area contributed by atoms with Gasteiger partial charge in [0.25, 0.3) is 10.0 Å². The van der Waals surface area contributed by atoms with E-state index < -0.39 is 34.3 Å². The van der Waals surface area contributed by atoms with Crippen LogP contribution in [0.3, 0.4) is 0 Å². The van der Waals surface area contributed by atoms with E-state index in [2.05, 4.69) is 10.6 Å². The highest BCUT2D eigenvalue weighted by atomic mass is 32.2. The number of amides is 3. The molecule has 144 valence electrons. The van der Waals surface area contributed by atoms with Crippen molar-refractivity contribution in [2.24, 2.45) is 0 Å². The van der Waals surface area contributed by atoms with Crippen LogP contribution < -0.4 is 14.9 Å². The minimum absolute atomic E-state index is 0.170. The summed E-state index contributed by atoms with van der Waals surface area (Å²) in [7, 11) is -4.14. The number of hydrogen-bond acceptors (Lipinski definition) is 4.